The molecule has 2 rings (SSSR count). The van der Waals surface area contributed by atoms with Crippen LogP contribution in [-0.2, 0) is 23.7 Å². The average molecular weight is 1320 g/mol. The molecule has 12 atom stereocenters. The first-order valence-corrected chi connectivity index (χ1v) is 38.1. The fourth-order valence-electron chi connectivity index (χ4n) is 12.0. The second kappa shape index (κ2) is 63.1. The van der Waals surface area contributed by atoms with E-state index in [0.29, 0.717) is 12.8 Å². The normalized spacial score (nSPS) is 23.1. The molecule has 0 aromatic heterocycles. The van der Waals surface area contributed by atoms with Crippen LogP contribution in [0.3, 0.4) is 0 Å². The molecule has 2 saturated heterocycles. The maximum atomic E-state index is 13.4. The summed E-state index contributed by atoms with van der Waals surface area (Å²) in [5, 5.41) is 87.7. The summed E-state index contributed by atoms with van der Waals surface area (Å²) in [5.41, 5.74) is 0. The monoisotopic (exact) mass is 1320 g/mol. The lowest BCUT2D eigenvalue weighted by atomic mass is 9.97. The zero-order valence-electron chi connectivity index (χ0n) is 59.2. The van der Waals surface area contributed by atoms with Crippen LogP contribution in [0, 0.1) is 0 Å². The molecule has 0 bridgehead atoms. The van der Waals surface area contributed by atoms with E-state index in [4.69, 9.17) is 18.9 Å². The lowest BCUT2D eigenvalue weighted by Gasteiger charge is -2.46. The number of amides is 1. The SMILES string of the molecule is CC/C=C\C/C=C\C/C=C\C/C=C\C/C=C\C/C=C\C/C=C\C/C=C\C/C=C\CCCCCCCCCCCCCCCC(=O)NC(COC1OC(CO)C(OC2OC(CO)C(O)C(O)C2O)C(O)C1O)C(O)CCCCCCCCCCCCCCCCCCCCC. The van der Waals surface area contributed by atoms with E-state index >= 15 is 0 Å². The quantitative estimate of drug-likeness (QED) is 0.0204. The highest BCUT2D eigenvalue weighted by Crippen LogP contribution is 2.30. The van der Waals surface area contributed by atoms with Crippen LogP contribution in [-0.4, -0.2) is 140 Å². The Bertz CT molecular complexity index is 2000. The number of carbonyl (C=O) groups excluding carboxylic acids is 1. The first-order chi connectivity index (χ1) is 46.1. The summed E-state index contributed by atoms with van der Waals surface area (Å²) < 4.78 is 22.9. The van der Waals surface area contributed by atoms with Crippen LogP contribution < -0.4 is 5.32 Å². The van der Waals surface area contributed by atoms with Gasteiger partial charge in [0.05, 0.1) is 32.0 Å². The van der Waals surface area contributed by atoms with Crippen LogP contribution in [0.5, 0.6) is 0 Å². The van der Waals surface area contributed by atoms with E-state index in [9.17, 15) is 45.6 Å². The first kappa shape index (κ1) is 86.7. The summed E-state index contributed by atoms with van der Waals surface area (Å²) in [6.45, 7) is 2.77. The van der Waals surface area contributed by atoms with Gasteiger partial charge in [-0.2, -0.15) is 0 Å². The smallest absolute Gasteiger partial charge is 0.220 e. The van der Waals surface area contributed by atoms with Gasteiger partial charge >= 0.3 is 0 Å². The van der Waals surface area contributed by atoms with Crippen LogP contribution in [0.15, 0.2) is 109 Å². The number of allylic oxidation sites excluding steroid dienone is 18. The highest BCUT2D eigenvalue weighted by Gasteiger charge is 2.51. The minimum atomic E-state index is -1.79. The van der Waals surface area contributed by atoms with E-state index < -0.39 is 86.8 Å². The van der Waals surface area contributed by atoms with Crippen LogP contribution >= 0.6 is 0 Å². The molecule has 0 aromatic carbocycles. The van der Waals surface area contributed by atoms with E-state index in [0.717, 1.165) is 116 Å². The third kappa shape index (κ3) is 46.0. The fraction of sp³-hybridized carbons (Fsp3) is 0.762. The molecule has 542 valence electrons. The van der Waals surface area contributed by atoms with Gasteiger partial charge in [0, 0.05) is 6.42 Å². The van der Waals surface area contributed by atoms with E-state index in [1.807, 2.05) is 0 Å². The Kier molecular flexibility index (Phi) is 58.2. The number of ether oxygens (including phenoxy) is 4. The minimum Gasteiger partial charge on any atom is -0.394 e. The second-order valence-corrected chi connectivity index (χ2v) is 26.4. The zero-order valence-corrected chi connectivity index (χ0v) is 59.2. The number of unbranched alkanes of at least 4 members (excludes halogenated alkanes) is 31. The molecular weight excluding hydrogens is 1180 g/mol. The molecule has 14 heteroatoms. The van der Waals surface area contributed by atoms with Gasteiger partial charge in [0.15, 0.2) is 12.6 Å². The van der Waals surface area contributed by atoms with Crippen LogP contribution in [0.1, 0.15) is 296 Å². The van der Waals surface area contributed by atoms with Crippen molar-refractivity contribution in [3.63, 3.8) is 0 Å². The lowest BCUT2D eigenvalue weighted by molar-refractivity contribution is -0.359. The van der Waals surface area contributed by atoms with E-state index in [1.165, 1.54) is 154 Å². The average Bonchev–Trinajstić information content (AvgIpc) is 0.794. The fourth-order valence-corrected chi connectivity index (χ4v) is 12.0. The molecule has 94 heavy (non-hydrogen) atoms. The number of aliphatic hydroxyl groups is 8. The highest BCUT2D eigenvalue weighted by molar-refractivity contribution is 5.76. The molecule has 0 saturated carbocycles. The zero-order chi connectivity index (χ0) is 68.0. The van der Waals surface area contributed by atoms with Crippen molar-refractivity contribution < 1.29 is 64.6 Å². The van der Waals surface area contributed by atoms with Gasteiger partial charge in [0.1, 0.15) is 48.8 Å². The van der Waals surface area contributed by atoms with Gasteiger partial charge in [-0.3, -0.25) is 4.79 Å². The van der Waals surface area contributed by atoms with Gasteiger partial charge in [-0.1, -0.05) is 316 Å². The molecule has 1 amide bonds. The van der Waals surface area contributed by atoms with Gasteiger partial charge in [-0.25, -0.2) is 0 Å². The van der Waals surface area contributed by atoms with Crippen molar-refractivity contribution in [1.29, 1.82) is 0 Å². The summed E-state index contributed by atoms with van der Waals surface area (Å²) in [6.07, 6.45) is 73.9. The minimum absolute atomic E-state index is 0.208. The summed E-state index contributed by atoms with van der Waals surface area (Å²) in [5.74, 6) is -0.208. The largest absolute Gasteiger partial charge is 0.394 e. The molecule has 2 heterocycles. The van der Waals surface area contributed by atoms with Gasteiger partial charge < -0.3 is 65.1 Å². The third-order valence-corrected chi connectivity index (χ3v) is 18.0. The van der Waals surface area contributed by atoms with Crippen molar-refractivity contribution in [2.24, 2.45) is 0 Å². The number of aliphatic hydroxyl groups excluding tert-OH is 8. The van der Waals surface area contributed by atoms with Crippen molar-refractivity contribution >= 4 is 5.91 Å². The molecule has 0 spiro atoms. The molecule has 2 fully saturated rings. The molecule has 2 aliphatic rings. The Labute approximate surface area is 572 Å². The molecular formula is C80H139NO13. The first-order valence-electron chi connectivity index (χ1n) is 38.1. The Morgan fingerprint density at radius 2 is 0.734 bits per heavy atom. The van der Waals surface area contributed by atoms with Crippen LogP contribution in [0.4, 0.5) is 0 Å². The van der Waals surface area contributed by atoms with Crippen LogP contribution in [0.25, 0.3) is 0 Å². The van der Waals surface area contributed by atoms with E-state index in [-0.39, 0.29) is 12.5 Å². The van der Waals surface area contributed by atoms with Gasteiger partial charge in [-0.15, -0.1) is 0 Å². The standard InChI is InChI=1S/C80H139NO13/c1-3-5-7-9-11-13-15-17-19-21-23-24-25-26-27-28-29-30-31-32-33-34-35-36-37-38-39-40-41-42-43-44-46-48-50-52-54-56-58-60-62-64-72(85)81-68(69(84)63-61-59-57-55-53-51-49-47-45-22-20-18-16-14-12-10-8-6-4-2)67-91-79-77(90)75(88)78(71(66-83)93-79)94-80-76(89)74(87)73(86)70(65-82)92-80/h5,7,11,13,17,19,23-24,26-27,29-30,32-33,35-36,38-39,68-71,73-80,82-84,86-90H,3-4,6,8-10,12,14-16,18,20-22,25,28,31,34,37,40-67H2,1-2H3,(H,81,85)/b7-5-,13-11-,19-17-,24-23-,27-26-,30-29-,33-32-,36-35-,39-38-. The van der Waals surface area contributed by atoms with Gasteiger partial charge in [-0.05, 0) is 83.5 Å². The maximum Gasteiger partial charge on any atom is 0.220 e. The number of nitrogens with one attached hydrogen (secondary N) is 1. The Balaban J connectivity index is 1.59. The predicted molar refractivity (Wildman–Crippen MR) is 387 cm³/mol. The van der Waals surface area contributed by atoms with Crippen molar-refractivity contribution in [2.45, 2.75) is 370 Å². The summed E-state index contributed by atoms with van der Waals surface area (Å²) >= 11 is 0. The summed E-state index contributed by atoms with van der Waals surface area (Å²) in [4.78, 5) is 13.4. The van der Waals surface area contributed by atoms with E-state index in [1.54, 1.807) is 0 Å². The molecule has 12 unspecified atom stereocenters. The van der Waals surface area contributed by atoms with Crippen molar-refractivity contribution in [2.75, 3.05) is 19.8 Å². The number of hydrogen-bond acceptors (Lipinski definition) is 13. The Morgan fingerprint density at radius 3 is 1.13 bits per heavy atom. The number of carbonyl (C=O) groups is 1. The van der Waals surface area contributed by atoms with Gasteiger partial charge in [0.2, 0.25) is 5.91 Å². The van der Waals surface area contributed by atoms with E-state index in [2.05, 4.69) is 129 Å². The Morgan fingerprint density at radius 1 is 0.394 bits per heavy atom. The third-order valence-electron chi connectivity index (χ3n) is 18.0. The van der Waals surface area contributed by atoms with Gasteiger partial charge in [0.25, 0.3) is 0 Å². The highest BCUT2D eigenvalue weighted by atomic mass is 16.7. The lowest BCUT2D eigenvalue weighted by Crippen LogP contribution is -2.65. The topological polar surface area (TPSA) is 228 Å². The van der Waals surface area contributed by atoms with Crippen molar-refractivity contribution in [1.82, 2.24) is 5.32 Å². The predicted octanol–water partition coefficient (Wildman–Crippen LogP) is 16.7. The molecule has 9 N–H and O–H groups in total. The Hall–Kier alpha value is -3.35. The number of rotatable bonds is 62. The molecule has 14 nitrogen and oxygen atoms in total. The second-order valence-electron chi connectivity index (χ2n) is 26.4. The van der Waals surface area contributed by atoms with Crippen LogP contribution in [0.2, 0.25) is 0 Å². The summed E-state index contributed by atoms with van der Waals surface area (Å²) in [6, 6.07) is -0.836. The molecule has 0 aromatic rings. The number of hydrogen-bond donors (Lipinski definition) is 9. The molecule has 0 aliphatic carbocycles. The molecule has 0 radical (unpaired) electrons. The van der Waals surface area contributed by atoms with Crippen molar-refractivity contribution in [3.05, 3.63) is 109 Å². The molecule has 2 aliphatic heterocycles. The maximum absolute atomic E-state index is 13.4. The summed E-state index contributed by atoms with van der Waals surface area (Å²) in [7, 11) is 0. The van der Waals surface area contributed by atoms with Crippen molar-refractivity contribution in [3.8, 4) is 0 Å².